The maximum Gasteiger partial charge on any atom is 0.0671 e. The normalized spacial score (nSPS) is 21.3. The molecule has 66 valence electrons. The minimum Gasteiger partial charge on any atom is -0.377 e. The third kappa shape index (κ3) is 2.56. The summed E-state index contributed by atoms with van der Waals surface area (Å²) in [6.07, 6.45) is 3.93. The van der Waals surface area contributed by atoms with Gasteiger partial charge in [-0.05, 0) is 24.3 Å². The van der Waals surface area contributed by atoms with E-state index in [0.29, 0.717) is 5.54 Å². The number of alkyl halides is 1. The van der Waals surface area contributed by atoms with Crippen LogP contribution in [0.15, 0.2) is 0 Å². The van der Waals surface area contributed by atoms with Crippen LogP contribution >= 0.6 is 22.6 Å². The van der Waals surface area contributed by atoms with E-state index in [2.05, 4.69) is 27.9 Å². The highest BCUT2D eigenvalue weighted by Crippen LogP contribution is 2.22. The second kappa shape index (κ2) is 4.62. The molecule has 11 heavy (non-hydrogen) atoms. The molecular weight excluding hydrogens is 253 g/mol. The predicted octanol–water partition coefficient (Wildman–Crippen LogP) is 1.58. The lowest BCUT2D eigenvalue weighted by Gasteiger charge is -2.41. The first-order valence-corrected chi connectivity index (χ1v) is 5.68. The zero-order valence-corrected chi connectivity index (χ0v) is 9.19. The second-order valence-electron chi connectivity index (χ2n) is 3.17. The molecule has 1 aliphatic heterocycles. The molecule has 1 fully saturated rings. The third-order valence-electron chi connectivity index (χ3n) is 2.33. The van der Waals surface area contributed by atoms with E-state index >= 15 is 0 Å². The number of halogens is 1. The molecule has 0 atom stereocenters. The van der Waals surface area contributed by atoms with Gasteiger partial charge in [0.1, 0.15) is 0 Å². The summed E-state index contributed by atoms with van der Waals surface area (Å²) in [5.74, 6) is 0. The number of hydrogen-bond acceptors (Lipinski definition) is 2. The van der Waals surface area contributed by atoms with Crippen LogP contribution in [0.5, 0.6) is 0 Å². The first kappa shape index (κ1) is 9.74. The quantitative estimate of drug-likeness (QED) is 0.465. The molecule has 0 aromatic rings. The fourth-order valence-electron chi connectivity index (χ4n) is 1.32. The van der Waals surface area contributed by atoms with Crippen LogP contribution < -0.4 is 5.32 Å². The van der Waals surface area contributed by atoms with E-state index in [9.17, 15) is 0 Å². The van der Waals surface area contributed by atoms with Gasteiger partial charge in [0, 0.05) is 0 Å². The average Bonchev–Trinajstić information content (AvgIpc) is 1.95. The number of nitrogens with one attached hydrogen (secondary N) is 1. The van der Waals surface area contributed by atoms with Crippen molar-refractivity contribution >= 4 is 22.6 Å². The zero-order chi connectivity index (χ0) is 8.16. The summed E-state index contributed by atoms with van der Waals surface area (Å²) in [4.78, 5) is 0. The van der Waals surface area contributed by atoms with Gasteiger partial charge in [-0.3, -0.25) is 0 Å². The van der Waals surface area contributed by atoms with E-state index < -0.39 is 0 Å². The molecule has 0 aromatic carbocycles. The first-order chi connectivity index (χ1) is 5.33. The number of hydrogen-bond donors (Lipinski definition) is 1. The van der Waals surface area contributed by atoms with Crippen molar-refractivity contribution < 1.29 is 4.74 Å². The van der Waals surface area contributed by atoms with Gasteiger partial charge in [-0.2, -0.15) is 0 Å². The van der Waals surface area contributed by atoms with Crippen LogP contribution in [0.3, 0.4) is 0 Å². The minimum absolute atomic E-state index is 0.339. The predicted molar refractivity (Wildman–Crippen MR) is 55.3 cm³/mol. The Morgan fingerprint density at radius 3 is 2.55 bits per heavy atom. The van der Waals surface area contributed by atoms with Gasteiger partial charge in [0.05, 0.1) is 18.8 Å². The van der Waals surface area contributed by atoms with Gasteiger partial charge in [0.25, 0.3) is 0 Å². The smallest absolute Gasteiger partial charge is 0.0671 e. The van der Waals surface area contributed by atoms with Crippen LogP contribution in [-0.4, -0.2) is 30.2 Å². The highest BCUT2D eigenvalue weighted by Gasteiger charge is 2.35. The van der Waals surface area contributed by atoms with Crippen LogP contribution in [0, 0.1) is 0 Å². The van der Waals surface area contributed by atoms with Gasteiger partial charge in [0.15, 0.2) is 0 Å². The fourth-order valence-corrected chi connectivity index (χ4v) is 1.86. The summed E-state index contributed by atoms with van der Waals surface area (Å²) in [6.45, 7) is 1.81. The lowest BCUT2D eigenvalue weighted by Crippen LogP contribution is -2.58. The molecule has 1 rings (SSSR count). The highest BCUT2D eigenvalue weighted by molar-refractivity contribution is 14.1. The number of rotatable bonds is 5. The summed E-state index contributed by atoms with van der Waals surface area (Å²) in [5.41, 5.74) is 0.339. The van der Waals surface area contributed by atoms with E-state index in [-0.39, 0.29) is 0 Å². The maximum atomic E-state index is 5.20. The molecular formula is C8H16INO. The molecule has 3 heteroatoms. The summed E-state index contributed by atoms with van der Waals surface area (Å²) < 4.78 is 6.47. The molecule has 0 aromatic heterocycles. The Morgan fingerprint density at radius 2 is 2.18 bits per heavy atom. The van der Waals surface area contributed by atoms with Gasteiger partial charge in [-0.1, -0.05) is 29.0 Å². The number of unbranched alkanes of at least 4 members (excludes halogenated alkanes) is 1. The van der Waals surface area contributed by atoms with Crippen LogP contribution in [0.25, 0.3) is 0 Å². The van der Waals surface area contributed by atoms with E-state index in [1.807, 2.05) is 7.05 Å². The van der Waals surface area contributed by atoms with Crippen molar-refractivity contribution in [2.75, 3.05) is 24.7 Å². The standard InChI is InChI=1S/C8H16INO/c1-10-8(6-11-7-8)4-2-3-5-9/h10H,2-7H2,1H3. The molecule has 0 amide bonds. The van der Waals surface area contributed by atoms with Crippen LogP contribution in [0.1, 0.15) is 19.3 Å². The molecule has 0 radical (unpaired) electrons. The highest BCUT2D eigenvalue weighted by atomic mass is 127. The third-order valence-corrected chi connectivity index (χ3v) is 3.09. The summed E-state index contributed by atoms with van der Waals surface area (Å²) in [6, 6.07) is 0. The summed E-state index contributed by atoms with van der Waals surface area (Å²) in [5, 5.41) is 3.35. The Hall–Kier alpha value is 0.650. The molecule has 0 unspecified atom stereocenters. The molecule has 1 saturated heterocycles. The van der Waals surface area contributed by atoms with Gasteiger partial charge in [0.2, 0.25) is 0 Å². The maximum absolute atomic E-state index is 5.20. The van der Waals surface area contributed by atoms with E-state index in [4.69, 9.17) is 4.74 Å². The lowest BCUT2D eigenvalue weighted by molar-refractivity contribution is -0.0754. The lowest BCUT2D eigenvalue weighted by atomic mass is 9.91. The van der Waals surface area contributed by atoms with Crippen LogP contribution in [0.4, 0.5) is 0 Å². The van der Waals surface area contributed by atoms with Crippen molar-refractivity contribution in [3.05, 3.63) is 0 Å². The summed E-state index contributed by atoms with van der Waals surface area (Å²) >= 11 is 2.43. The molecule has 0 bridgehead atoms. The Morgan fingerprint density at radius 1 is 1.45 bits per heavy atom. The minimum atomic E-state index is 0.339. The van der Waals surface area contributed by atoms with E-state index in [1.54, 1.807) is 0 Å². The summed E-state index contributed by atoms with van der Waals surface area (Å²) in [7, 11) is 2.03. The largest absolute Gasteiger partial charge is 0.377 e. The van der Waals surface area contributed by atoms with Gasteiger partial charge in [-0.15, -0.1) is 0 Å². The Balaban J connectivity index is 2.11. The first-order valence-electron chi connectivity index (χ1n) is 4.16. The van der Waals surface area contributed by atoms with Gasteiger partial charge in [-0.25, -0.2) is 0 Å². The van der Waals surface area contributed by atoms with E-state index in [1.165, 1.54) is 23.7 Å². The SMILES string of the molecule is CNC1(CCCCI)COC1. The Bertz CT molecular complexity index is 109. The second-order valence-corrected chi connectivity index (χ2v) is 4.25. The molecule has 0 aliphatic carbocycles. The zero-order valence-electron chi connectivity index (χ0n) is 7.03. The van der Waals surface area contributed by atoms with Crippen molar-refractivity contribution in [1.29, 1.82) is 0 Å². The molecule has 2 nitrogen and oxygen atoms in total. The van der Waals surface area contributed by atoms with E-state index in [0.717, 1.165) is 13.2 Å². The van der Waals surface area contributed by atoms with Crippen molar-refractivity contribution in [2.45, 2.75) is 24.8 Å². The van der Waals surface area contributed by atoms with Gasteiger partial charge >= 0.3 is 0 Å². The molecule has 1 N–H and O–H groups in total. The molecule has 0 saturated carbocycles. The molecule has 1 heterocycles. The van der Waals surface area contributed by atoms with Crippen molar-refractivity contribution in [3.63, 3.8) is 0 Å². The average molecular weight is 269 g/mol. The van der Waals surface area contributed by atoms with Gasteiger partial charge < -0.3 is 10.1 Å². The Labute approximate surface area is 82.2 Å². The topological polar surface area (TPSA) is 21.3 Å². The molecule has 0 spiro atoms. The van der Waals surface area contributed by atoms with Crippen molar-refractivity contribution in [2.24, 2.45) is 0 Å². The Kier molecular flexibility index (Phi) is 4.09. The monoisotopic (exact) mass is 269 g/mol. The van der Waals surface area contributed by atoms with Crippen LogP contribution in [-0.2, 0) is 4.74 Å². The number of likely N-dealkylation sites (N-methyl/N-ethyl adjacent to an activating group) is 1. The number of ether oxygens (including phenoxy) is 1. The van der Waals surface area contributed by atoms with Crippen molar-refractivity contribution in [1.82, 2.24) is 5.32 Å². The fraction of sp³-hybridized carbons (Fsp3) is 1.00. The van der Waals surface area contributed by atoms with Crippen LogP contribution in [0.2, 0.25) is 0 Å². The molecule has 1 aliphatic rings. The van der Waals surface area contributed by atoms with Crippen molar-refractivity contribution in [3.8, 4) is 0 Å².